The summed E-state index contributed by atoms with van der Waals surface area (Å²) in [6, 6.07) is 4.92. The zero-order valence-electron chi connectivity index (χ0n) is 11.6. The summed E-state index contributed by atoms with van der Waals surface area (Å²) in [6.45, 7) is 1.57. The first kappa shape index (κ1) is 14.0. The van der Waals surface area contributed by atoms with Crippen molar-refractivity contribution in [3.8, 4) is 10.4 Å². The molecule has 1 atom stereocenters. The van der Waals surface area contributed by atoms with E-state index in [4.69, 9.17) is 0 Å². The van der Waals surface area contributed by atoms with Crippen molar-refractivity contribution in [3.05, 3.63) is 29.5 Å². The Bertz CT molecular complexity index is 703. The van der Waals surface area contributed by atoms with Crippen LogP contribution in [0.1, 0.15) is 6.92 Å². The lowest BCUT2D eigenvalue weighted by molar-refractivity contribution is -0.116. The van der Waals surface area contributed by atoms with Crippen LogP contribution in [0.25, 0.3) is 10.4 Å². The summed E-state index contributed by atoms with van der Waals surface area (Å²) in [5.41, 5.74) is 1.44. The minimum Gasteiger partial charge on any atom is -0.356 e. The molecule has 1 N–H and O–H groups in total. The smallest absolute Gasteiger partial charge is 0.209 e. The number of aromatic nitrogens is 1. The van der Waals surface area contributed by atoms with Crippen LogP contribution in [-0.4, -0.2) is 35.8 Å². The predicted molar refractivity (Wildman–Crippen MR) is 79.9 cm³/mol. The summed E-state index contributed by atoms with van der Waals surface area (Å²) in [5, 5.41) is 9.93. The van der Waals surface area contributed by atoms with Crippen molar-refractivity contribution in [3.63, 3.8) is 0 Å². The molecule has 0 aromatic carbocycles. The van der Waals surface area contributed by atoms with Crippen LogP contribution < -0.4 is 9.80 Å². The second-order valence-electron chi connectivity index (χ2n) is 4.96. The van der Waals surface area contributed by atoms with Gasteiger partial charge in [0.1, 0.15) is 5.78 Å². The number of aliphatic hydroxyl groups is 1. The largest absolute Gasteiger partial charge is 0.356 e. The molecule has 0 saturated carbocycles. The van der Waals surface area contributed by atoms with E-state index in [9.17, 15) is 14.3 Å². The molecule has 3 rings (SSSR count). The molecule has 1 aliphatic heterocycles. The van der Waals surface area contributed by atoms with Gasteiger partial charge < -0.3 is 14.9 Å². The molecule has 0 unspecified atom stereocenters. The number of nitrogens with zero attached hydrogens (tertiary/aromatic N) is 3. The minimum atomic E-state index is -0.924. The second kappa shape index (κ2) is 5.09. The number of ketones is 1. The molecule has 7 heteroatoms. The van der Waals surface area contributed by atoms with Crippen molar-refractivity contribution in [1.29, 1.82) is 0 Å². The third kappa shape index (κ3) is 2.38. The van der Waals surface area contributed by atoms with Gasteiger partial charge in [-0.1, -0.05) is 0 Å². The Kier molecular flexibility index (Phi) is 3.38. The highest BCUT2D eigenvalue weighted by atomic mass is 32.1. The van der Waals surface area contributed by atoms with Crippen molar-refractivity contribution in [2.75, 3.05) is 23.4 Å². The van der Waals surface area contributed by atoms with E-state index >= 15 is 0 Å². The lowest BCUT2D eigenvalue weighted by Crippen LogP contribution is -2.43. The van der Waals surface area contributed by atoms with Crippen molar-refractivity contribution in [2.45, 2.75) is 13.3 Å². The van der Waals surface area contributed by atoms with Crippen molar-refractivity contribution in [1.82, 2.24) is 4.98 Å². The Labute approximate surface area is 125 Å². The monoisotopic (exact) mass is 307 g/mol. The first-order chi connectivity index (χ1) is 9.97. The van der Waals surface area contributed by atoms with Gasteiger partial charge in [-0.3, -0.25) is 4.79 Å². The van der Waals surface area contributed by atoms with Gasteiger partial charge >= 0.3 is 0 Å². The highest BCUT2D eigenvalue weighted by Gasteiger charge is 2.34. The minimum absolute atomic E-state index is 0.0529. The Hall–Kier alpha value is -1.99. The van der Waals surface area contributed by atoms with Crippen LogP contribution in [0.5, 0.6) is 0 Å². The van der Waals surface area contributed by atoms with E-state index in [1.54, 1.807) is 29.1 Å². The lowest BCUT2D eigenvalue weighted by Gasteiger charge is -2.24. The standard InChI is InChI=1S/C14H14FN3O2S/c1-8(19)7-18-10-5-9(11-3-4-12(15)21-11)6-16-13(10)17(2)14(18)20/h3-6,14,20H,7H2,1-2H3/t14-/m0/s1. The van der Waals surface area contributed by atoms with E-state index in [-0.39, 0.29) is 17.5 Å². The molecule has 0 bridgehead atoms. The van der Waals surface area contributed by atoms with Crippen LogP contribution >= 0.6 is 11.3 Å². The van der Waals surface area contributed by atoms with E-state index in [1.165, 1.54) is 13.0 Å². The third-order valence-corrected chi connectivity index (χ3v) is 4.29. The number of hydrogen-bond donors (Lipinski definition) is 1. The molecule has 0 spiro atoms. The number of Topliss-reactive ketones (excluding diaryl/α,β-unsaturated/α-hetero) is 1. The molecule has 3 heterocycles. The number of carbonyl (C=O) groups excluding carboxylic acids is 1. The molecule has 5 nitrogen and oxygen atoms in total. The van der Waals surface area contributed by atoms with E-state index in [0.717, 1.165) is 21.8 Å². The number of carbonyl (C=O) groups is 1. The lowest BCUT2D eigenvalue weighted by atomic mass is 10.2. The van der Waals surface area contributed by atoms with Crippen LogP contribution in [0.15, 0.2) is 24.4 Å². The van der Waals surface area contributed by atoms with E-state index in [0.29, 0.717) is 11.5 Å². The van der Waals surface area contributed by atoms with E-state index < -0.39 is 6.35 Å². The van der Waals surface area contributed by atoms with Gasteiger partial charge in [-0.05, 0) is 25.1 Å². The molecule has 2 aromatic rings. The Balaban J connectivity index is 2.04. The fraction of sp³-hybridized carbons (Fsp3) is 0.286. The Morgan fingerprint density at radius 2 is 2.29 bits per heavy atom. The van der Waals surface area contributed by atoms with Crippen LogP contribution in [0.3, 0.4) is 0 Å². The van der Waals surface area contributed by atoms with Crippen molar-refractivity contribution in [2.24, 2.45) is 0 Å². The summed E-state index contributed by atoms with van der Waals surface area (Å²) < 4.78 is 13.2. The summed E-state index contributed by atoms with van der Waals surface area (Å²) in [6.07, 6.45) is 0.719. The molecule has 1 aliphatic rings. The van der Waals surface area contributed by atoms with Crippen LogP contribution in [0.4, 0.5) is 15.9 Å². The number of pyridine rings is 1. The summed E-state index contributed by atoms with van der Waals surface area (Å²) in [5.74, 6) is 0.549. The molecule has 110 valence electrons. The van der Waals surface area contributed by atoms with Gasteiger partial charge in [0.2, 0.25) is 6.35 Å². The average molecular weight is 307 g/mol. The molecular weight excluding hydrogens is 293 g/mol. The fourth-order valence-corrected chi connectivity index (χ4v) is 3.09. The normalized spacial score (nSPS) is 17.2. The topological polar surface area (TPSA) is 56.7 Å². The van der Waals surface area contributed by atoms with Crippen molar-refractivity contribution >= 4 is 28.6 Å². The summed E-state index contributed by atoms with van der Waals surface area (Å²) in [7, 11) is 1.71. The molecule has 2 aromatic heterocycles. The molecule has 0 fully saturated rings. The van der Waals surface area contributed by atoms with E-state index in [2.05, 4.69) is 4.98 Å². The molecule has 21 heavy (non-hydrogen) atoms. The SMILES string of the molecule is CC(=O)CN1c2cc(-c3ccc(F)s3)cnc2N(C)[C@@H]1O. The highest BCUT2D eigenvalue weighted by Crippen LogP contribution is 2.39. The van der Waals surface area contributed by atoms with Gasteiger partial charge in [0.15, 0.2) is 10.9 Å². The summed E-state index contributed by atoms with van der Waals surface area (Å²) >= 11 is 1.03. The molecule has 0 saturated heterocycles. The maximum Gasteiger partial charge on any atom is 0.209 e. The number of fused-ring (bicyclic) bond motifs is 1. The van der Waals surface area contributed by atoms with Crippen LogP contribution in [-0.2, 0) is 4.79 Å². The number of hydrogen-bond acceptors (Lipinski definition) is 6. The number of halogens is 1. The zero-order valence-corrected chi connectivity index (χ0v) is 12.4. The highest BCUT2D eigenvalue weighted by molar-refractivity contribution is 7.13. The van der Waals surface area contributed by atoms with Gasteiger partial charge in [-0.25, -0.2) is 4.98 Å². The number of aliphatic hydroxyl groups excluding tert-OH is 1. The maximum atomic E-state index is 13.2. The first-order valence-corrected chi connectivity index (χ1v) is 7.22. The van der Waals surface area contributed by atoms with Crippen molar-refractivity contribution < 1.29 is 14.3 Å². The molecular formula is C14H14FN3O2S. The second-order valence-corrected chi connectivity index (χ2v) is 5.99. The quantitative estimate of drug-likeness (QED) is 0.941. The van der Waals surface area contributed by atoms with Crippen LogP contribution in [0.2, 0.25) is 0 Å². The van der Waals surface area contributed by atoms with Gasteiger partial charge in [0.05, 0.1) is 12.2 Å². The summed E-state index contributed by atoms with van der Waals surface area (Å²) in [4.78, 5) is 19.6. The van der Waals surface area contributed by atoms with Gasteiger partial charge in [-0.2, -0.15) is 4.39 Å². The van der Waals surface area contributed by atoms with Gasteiger partial charge in [-0.15, -0.1) is 11.3 Å². The molecule has 0 aliphatic carbocycles. The maximum absolute atomic E-state index is 13.2. The van der Waals surface area contributed by atoms with Gasteiger partial charge in [0.25, 0.3) is 0 Å². The molecule has 0 amide bonds. The zero-order chi connectivity index (χ0) is 15.1. The third-order valence-electron chi connectivity index (χ3n) is 3.37. The van der Waals surface area contributed by atoms with E-state index in [1.807, 2.05) is 6.07 Å². The Morgan fingerprint density at radius 3 is 2.90 bits per heavy atom. The molecule has 0 radical (unpaired) electrons. The van der Waals surface area contributed by atoms with Gasteiger partial charge in [0, 0.05) is 23.7 Å². The number of thiophene rings is 1. The average Bonchev–Trinajstić information content (AvgIpc) is 2.97. The number of anilines is 2. The Morgan fingerprint density at radius 1 is 1.52 bits per heavy atom. The first-order valence-electron chi connectivity index (χ1n) is 6.40. The predicted octanol–water partition coefficient (Wildman–Crippen LogP) is 2.07. The fourth-order valence-electron chi connectivity index (χ4n) is 2.38. The number of rotatable bonds is 3. The van der Waals surface area contributed by atoms with Crippen LogP contribution in [0, 0.1) is 5.13 Å².